The third-order valence-electron chi connectivity index (χ3n) is 3.29. The summed E-state index contributed by atoms with van der Waals surface area (Å²) in [5.74, 6) is 0.219. The van der Waals surface area contributed by atoms with E-state index in [4.69, 9.17) is 11.5 Å². The average molecular weight is 310 g/mol. The highest BCUT2D eigenvalue weighted by Gasteiger charge is 2.23. The molecule has 1 amide bonds. The number of carbonyl (C=O) groups is 1. The zero-order chi connectivity index (χ0) is 15.4. The monoisotopic (exact) mass is 310 g/mol. The van der Waals surface area contributed by atoms with Gasteiger partial charge in [-0.15, -0.1) is 0 Å². The summed E-state index contributed by atoms with van der Waals surface area (Å²) in [6, 6.07) is 0. The van der Waals surface area contributed by atoms with Gasteiger partial charge in [-0.3, -0.25) is 4.79 Å². The fraction of sp³-hybridized carbons (Fsp3) is 0.615. The number of nitrogens with two attached hydrogens (primary N) is 2. The summed E-state index contributed by atoms with van der Waals surface area (Å²) in [7, 11) is 4.03. The Morgan fingerprint density at radius 3 is 2.90 bits per heavy atom. The third kappa shape index (κ3) is 4.40. The fourth-order valence-electron chi connectivity index (χ4n) is 2.26. The van der Waals surface area contributed by atoms with Crippen LogP contribution in [0.5, 0.6) is 0 Å². The topological polar surface area (TPSA) is 101 Å². The van der Waals surface area contributed by atoms with Crippen LogP contribution in [0.3, 0.4) is 0 Å². The molecule has 1 aliphatic rings. The van der Waals surface area contributed by atoms with Crippen molar-refractivity contribution in [1.29, 1.82) is 0 Å². The van der Waals surface area contributed by atoms with Gasteiger partial charge < -0.3 is 21.3 Å². The van der Waals surface area contributed by atoms with Crippen molar-refractivity contribution in [2.24, 2.45) is 16.5 Å². The summed E-state index contributed by atoms with van der Waals surface area (Å²) in [5.41, 5.74) is 11.7. The molecule has 116 valence electrons. The van der Waals surface area contributed by atoms with Crippen LogP contribution in [0.2, 0.25) is 0 Å². The van der Waals surface area contributed by atoms with Crippen molar-refractivity contribution in [1.82, 2.24) is 14.8 Å². The van der Waals surface area contributed by atoms with Gasteiger partial charge in [-0.05, 0) is 27.1 Å². The molecule has 4 N–H and O–H groups in total. The molecule has 2 heterocycles. The molecule has 0 aromatic carbocycles. The predicted octanol–water partition coefficient (Wildman–Crippen LogP) is 0.275. The molecule has 0 unspecified atom stereocenters. The molecule has 0 bridgehead atoms. The Balaban J connectivity index is 1.94. The number of aliphatic imine (C=N–C) groups is 1. The molecule has 7 nitrogen and oxygen atoms in total. The number of hydrogen-bond acceptors (Lipinski definition) is 5. The zero-order valence-corrected chi connectivity index (χ0v) is 13.3. The number of amides is 1. The maximum atomic E-state index is 12.2. The Bertz CT molecular complexity index is 535. The molecule has 8 heteroatoms. The standard InChI is InChI=1S/C13H22N6OS/c1-18(2)6-3-4-11(20)19-7-5-9-10(8-19)21-13(16-9)17-12(14)15/h3-8H2,1-2H3,(H4,14,15,16,17). The lowest BCUT2D eigenvalue weighted by molar-refractivity contribution is -0.132. The number of guanidine groups is 1. The maximum absolute atomic E-state index is 12.2. The number of carbonyl (C=O) groups excluding carboxylic acids is 1. The van der Waals surface area contributed by atoms with Crippen molar-refractivity contribution in [3.05, 3.63) is 10.6 Å². The Morgan fingerprint density at radius 2 is 2.24 bits per heavy atom. The number of aromatic nitrogens is 1. The van der Waals surface area contributed by atoms with Crippen molar-refractivity contribution in [3.63, 3.8) is 0 Å². The maximum Gasteiger partial charge on any atom is 0.222 e. The quantitative estimate of drug-likeness (QED) is 0.601. The van der Waals surface area contributed by atoms with Gasteiger partial charge in [0.2, 0.25) is 11.0 Å². The minimum atomic E-state index is 0.0118. The molecule has 1 aromatic heterocycles. The van der Waals surface area contributed by atoms with Crippen LogP contribution in [0.15, 0.2) is 4.99 Å². The molecule has 1 aromatic rings. The lowest BCUT2D eigenvalue weighted by Gasteiger charge is -2.26. The lowest BCUT2D eigenvalue weighted by atomic mass is 10.1. The van der Waals surface area contributed by atoms with Gasteiger partial charge in [0, 0.05) is 24.3 Å². The highest BCUT2D eigenvalue weighted by atomic mass is 32.1. The molecule has 0 spiro atoms. The number of hydrogen-bond donors (Lipinski definition) is 2. The lowest BCUT2D eigenvalue weighted by Crippen LogP contribution is -2.35. The Hall–Kier alpha value is -1.67. The van der Waals surface area contributed by atoms with Gasteiger partial charge in [0.1, 0.15) is 0 Å². The van der Waals surface area contributed by atoms with Gasteiger partial charge in [0.05, 0.1) is 12.2 Å². The molecule has 0 fully saturated rings. The number of thiazole rings is 1. The van der Waals surface area contributed by atoms with Crippen molar-refractivity contribution in [2.45, 2.75) is 25.8 Å². The molecule has 1 aliphatic heterocycles. The first kappa shape index (κ1) is 15.7. The number of fused-ring (bicyclic) bond motifs is 1. The molecular weight excluding hydrogens is 288 g/mol. The molecule has 0 saturated carbocycles. The van der Waals surface area contributed by atoms with E-state index in [0.717, 1.165) is 36.5 Å². The summed E-state index contributed by atoms with van der Waals surface area (Å²) in [5, 5.41) is 0.571. The van der Waals surface area contributed by atoms with Crippen LogP contribution in [0.4, 0.5) is 5.13 Å². The van der Waals surface area contributed by atoms with E-state index >= 15 is 0 Å². The van der Waals surface area contributed by atoms with E-state index in [1.54, 1.807) is 0 Å². The first-order valence-corrected chi connectivity index (χ1v) is 7.78. The highest BCUT2D eigenvalue weighted by molar-refractivity contribution is 7.15. The Labute approximate surface area is 128 Å². The van der Waals surface area contributed by atoms with Crippen molar-refractivity contribution < 1.29 is 4.79 Å². The van der Waals surface area contributed by atoms with Gasteiger partial charge in [0.25, 0.3) is 0 Å². The summed E-state index contributed by atoms with van der Waals surface area (Å²) < 4.78 is 0. The third-order valence-corrected chi connectivity index (χ3v) is 4.27. The molecule has 0 radical (unpaired) electrons. The van der Waals surface area contributed by atoms with Gasteiger partial charge in [0.15, 0.2) is 5.96 Å². The SMILES string of the molecule is CN(C)CCCC(=O)N1CCc2nc(N=C(N)N)sc2C1. The molecule has 2 rings (SSSR count). The second-order valence-corrected chi connectivity index (χ2v) is 6.44. The van der Waals surface area contributed by atoms with Crippen LogP contribution in [-0.2, 0) is 17.8 Å². The van der Waals surface area contributed by atoms with Crippen LogP contribution in [0.25, 0.3) is 0 Å². The zero-order valence-electron chi connectivity index (χ0n) is 12.5. The highest BCUT2D eigenvalue weighted by Crippen LogP contribution is 2.30. The van der Waals surface area contributed by atoms with Crippen LogP contribution in [-0.4, -0.2) is 53.8 Å². The summed E-state index contributed by atoms with van der Waals surface area (Å²) in [4.78, 5) is 25.6. The predicted molar refractivity (Wildman–Crippen MR) is 84.5 cm³/mol. The first-order valence-electron chi connectivity index (χ1n) is 6.96. The van der Waals surface area contributed by atoms with Crippen molar-refractivity contribution >= 4 is 28.3 Å². The summed E-state index contributed by atoms with van der Waals surface area (Å²) in [6.07, 6.45) is 2.25. The normalized spacial score (nSPS) is 14.1. The van der Waals surface area contributed by atoms with Crippen LogP contribution in [0, 0.1) is 0 Å². The largest absolute Gasteiger partial charge is 0.370 e. The average Bonchev–Trinajstić information content (AvgIpc) is 2.78. The Kier molecular flexibility index (Phi) is 5.13. The fourth-order valence-corrected chi connectivity index (χ4v) is 3.27. The summed E-state index contributed by atoms with van der Waals surface area (Å²) in [6.45, 7) is 2.27. The Morgan fingerprint density at radius 1 is 1.48 bits per heavy atom. The van der Waals surface area contributed by atoms with Crippen LogP contribution in [0.1, 0.15) is 23.4 Å². The first-order chi connectivity index (χ1) is 9.95. The van der Waals surface area contributed by atoms with Gasteiger partial charge in [-0.2, -0.15) is 4.99 Å². The van der Waals surface area contributed by atoms with E-state index in [1.807, 2.05) is 19.0 Å². The second-order valence-electron chi connectivity index (χ2n) is 5.38. The van der Waals surface area contributed by atoms with Crippen LogP contribution < -0.4 is 11.5 Å². The van der Waals surface area contributed by atoms with E-state index in [1.165, 1.54) is 11.3 Å². The second kappa shape index (κ2) is 6.86. The van der Waals surface area contributed by atoms with Gasteiger partial charge in [-0.1, -0.05) is 11.3 Å². The van der Waals surface area contributed by atoms with E-state index in [2.05, 4.69) is 14.9 Å². The van der Waals surface area contributed by atoms with E-state index in [0.29, 0.717) is 18.1 Å². The number of nitrogens with zero attached hydrogens (tertiary/aromatic N) is 4. The molecule has 0 atom stereocenters. The van der Waals surface area contributed by atoms with Gasteiger partial charge >= 0.3 is 0 Å². The molecular formula is C13H22N6OS. The van der Waals surface area contributed by atoms with Crippen molar-refractivity contribution in [2.75, 3.05) is 27.2 Å². The smallest absolute Gasteiger partial charge is 0.222 e. The van der Waals surface area contributed by atoms with E-state index in [-0.39, 0.29) is 11.9 Å². The minimum absolute atomic E-state index is 0.0118. The molecule has 0 saturated heterocycles. The molecule has 21 heavy (non-hydrogen) atoms. The minimum Gasteiger partial charge on any atom is -0.370 e. The van der Waals surface area contributed by atoms with Gasteiger partial charge in [-0.25, -0.2) is 4.98 Å². The van der Waals surface area contributed by atoms with Crippen LogP contribution >= 0.6 is 11.3 Å². The molecule has 0 aliphatic carbocycles. The van der Waals surface area contributed by atoms with E-state index < -0.39 is 0 Å². The summed E-state index contributed by atoms with van der Waals surface area (Å²) >= 11 is 1.45. The number of rotatable bonds is 5. The van der Waals surface area contributed by atoms with Crippen molar-refractivity contribution in [3.8, 4) is 0 Å². The van der Waals surface area contributed by atoms with E-state index in [9.17, 15) is 4.79 Å².